The van der Waals surface area contributed by atoms with Crippen LogP contribution in [0.15, 0.2) is 52.7 Å². The van der Waals surface area contributed by atoms with Crippen molar-refractivity contribution in [1.82, 2.24) is 30.1 Å². The van der Waals surface area contributed by atoms with Gasteiger partial charge in [0.1, 0.15) is 17.9 Å². The minimum atomic E-state index is -2.01. The van der Waals surface area contributed by atoms with Crippen molar-refractivity contribution in [3.8, 4) is 11.9 Å². The zero-order valence-electron chi connectivity index (χ0n) is 19.3. The van der Waals surface area contributed by atoms with Crippen LogP contribution in [0.4, 0.5) is 13.6 Å². The first-order valence-corrected chi connectivity index (χ1v) is 11.3. The number of hydrogen-bond donors (Lipinski definition) is 3. The summed E-state index contributed by atoms with van der Waals surface area (Å²) in [7, 11) is 0. The Hall–Kier alpha value is -4.48. The molecule has 1 unspecified atom stereocenters. The van der Waals surface area contributed by atoms with E-state index in [0.717, 1.165) is 24.7 Å². The third kappa shape index (κ3) is 4.69. The standard InChI is InChI=1S/C23H21F2N9O3/c24-16-8-14(11-26)7-15(9-16)19-1-2-30-34(19)22(36)32-3-5-33(6-4-32)23(37)29-12-17(25)21(31-23)18-10-20(35)28-13-27-18/h2,7-10,12-13,19,29,37H,1,3-6H2,(H,27,28,35)/t19-,23?/m0/s1. The number of aromatic nitrogens is 2. The molecule has 3 aliphatic rings. The number of nitriles is 1. The van der Waals surface area contributed by atoms with Crippen molar-refractivity contribution in [3.05, 3.63) is 65.3 Å². The monoisotopic (exact) mass is 509 g/mol. The lowest BCUT2D eigenvalue weighted by molar-refractivity contribution is -0.132. The van der Waals surface area contributed by atoms with Gasteiger partial charge in [0.15, 0.2) is 5.83 Å². The summed E-state index contributed by atoms with van der Waals surface area (Å²) in [4.78, 5) is 27.9. The van der Waals surface area contributed by atoms with Gasteiger partial charge in [-0.3, -0.25) is 0 Å². The molecule has 4 heterocycles. The second kappa shape index (κ2) is 9.52. The number of rotatable bonds is 3. The Balaban J connectivity index is 1.28. The summed E-state index contributed by atoms with van der Waals surface area (Å²) >= 11 is 0. The van der Waals surface area contributed by atoms with Gasteiger partial charge in [0.25, 0.3) is 0 Å². The van der Waals surface area contributed by atoms with Crippen molar-refractivity contribution in [2.75, 3.05) is 26.2 Å². The quantitative estimate of drug-likeness (QED) is 0.557. The molecule has 0 bridgehead atoms. The molecule has 190 valence electrons. The summed E-state index contributed by atoms with van der Waals surface area (Å²) in [5, 5.41) is 37.8. The van der Waals surface area contributed by atoms with Gasteiger partial charge in [0.05, 0.1) is 23.4 Å². The first kappa shape index (κ1) is 24.2. The third-order valence-electron chi connectivity index (χ3n) is 6.23. The Bertz CT molecular complexity index is 1370. The van der Waals surface area contributed by atoms with Crippen molar-refractivity contribution in [3.63, 3.8) is 0 Å². The highest BCUT2D eigenvalue weighted by Crippen LogP contribution is 2.31. The number of aromatic hydroxyl groups is 1. The van der Waals surface area contributed by atoms with E-state index in [1.165, 1.54) is 26.9 Å². The lowest BCUT2D eigenvalue weighted by atomic mass is 10.0. The zero-order chi connectivity index (χ0) is 26.2. The van der Waals surface area contributed by atoms with E-state index >= 15 is 0 Å². The van der Waals surface area contributed by atoms with Crippen molar-refractivity contribution < 1.29 is 23.8 Å². The first-order valence-electron chi connectivity index (χ1n) is 11.3. The van der Waals surface area contributed by atoms with Crippen LogP contribution in [0.3, 0.4) is 0 Å². The molecule has 0 spiro atoms. The predicted octanol–water partition coefficient (Wildman–Crippen LogP) is 1.17. The molecule has 0 radical (unpaired) electrons. The number of halogens is 2. The van der Waals surface area contributed by atoms with Gasteiger partial charge in [-0.15, -0.1) is 0 Å². The molecule has 1 saturated heterocycles. The number of carbonyl (C=O) groups is 1. The van der Waals surface area contributed by atoms with Gasteiger partial charge in [-0.1, -0.05) is 0 Å². The van der Waals surface area contributed by atoms with Crippen LogP contribution in [-0.2, 0) is 0 Å². The Kier molecular flexibility index (Phi) is 6.24. The topological polar surface area (TPSA) is 154 Å². The van der Waals surface area contributed by atoms with Crippen LogP contribution in [0.1, 0.15) is 29.3 Å². The number of amides is 2. The van der Waals surface area contributed by atoms with E-state index < -0.39 is 29.7 Å². The molecule has 3 aliphatic heterocycles. The van der Waals surface area contributed by atoms with Crippen LogP contribution in [0, 0.1) is 17.1 Å². The number of allylic oxidation sites excluding steroid dienone is 1. The average molecular weight is 509 g/mol. The molecule has 1 aromatic heterocycles. The van der Waals surface area contributed by atoms with Crippen LogP contribution >= 0.6 is 0 Å². The molecular weight excluding hydrogens is 488 g/mol. The van der Waals surface area contributed by atoms with E-state index in [1.807, 2.05) is 6.07 Å². The largest absolute Gasteiger partial charge is 0.493 e. The summed E-state index contributed by atoms with van der Waals surface area (Å²) in [6, 6.07) is 6.01. The van der Waals surface area contributed by atoms with E-state index in [1.54, 1.807) is 6.21 Å². The number of benzene rings is 1. The maximum atomic E-state index is 14.4. The van der Waals surface area contributed by atoms with E-state index in [9.17, 15) is 23.8 Å². The fourth-order valence-electron chi connectivity index (χ4n) is 4.39. The highest BCUT2D eigenvalue weighted by atomic mass is 19.1. The maximum absolute atomic E-state index is 14.4. The molecule has 5 rings (SSSR count). The normalized spacial score (nSPS) is 23.8. The van der Waals surface area contributed by atoms with E-state index in [-0.39, 0.29) is 49.0 Å². The molecular formula is C23H21F2N9O3. The molecule has 2 aromatic rings. The molecule has 12 nitrogen and oxygen atoms in total. The predicted molar refractivity (Wildman–Crippen MR) is 125 cm³/mol. The molecule has 2 amide bonds. The van der Waals surface area contributed by atoms with Crippen LogP contribution in [-0.4, -0.2) is 85.1 Å². The molecule has 14 heteroatoms. The molecule has 1 fully saturated rings. The summed E-state index contributed by atoms with van der Waals surface area (Å²) in [6.07, 6.45) is 3.94. The Morgan fingerprint density at radius 1 is 1.16 bits per heavy atom. The fraction of sp³-hybridized carbons (Fsp3) is 0.304. The molecule has 0 saturated carbocycles. The number of carbonyl (C=O) groups excluding carboxylic acids is 1. The SMILES string of the molecule is N#Cc1cc(F)cc([C@@H]2CC=NN2C(=O)N2CCN(C3(O)N=C(c4cc(O)ncn4)C(F)=CN3)CC2)c1. The summed E-state index contributed by atoms with van der Waals surface area (Å²) < 4.78 is 28.4. The highest BCUT2D eigenvalue weighted by molar-refractivity contribution is 6.10. The van der Waals surface area contributed by atoms with E-state index in [2.05, 4.69) is 25.4 Å². The van der Waals surface area contributed by atoms with Gasteiger partial charge in [-0.25, -0.2) is 38.4 Å². The number of nitrogens with zero attached hydrogens (tertiary/aromatic N) is 8. The Morgan fingerprint density at radius 2 is 1.95 bits per heavy atom. The van der Waals surface area contributed by atoms with Crippen LogP contribution in [0.25, 0.3) is 0 Å². The maximum Gasteiger partial charge on any atom is 0.341 e. The lowest BCUT2D eigenvalue weighted by Gasteiger charge is -2.43. The summed E-state index contributed by atoms with van der Waals surface area (Å²) in [5.41, 5.74) is 0.343. The Morgan fingerprint density at radius 3 is 2.68 bits per heavy atom. The number of piperazine rings is 1. The molecule has 2 atom stereocenters. The van der Waals surface area contributed by atoms with Gasteiger partial charge in [-0.2, -0.15) is 10.4 Å². The van der Waals surface area contributed by atoms with Gasteiger partial charge in [-0.05, 0) is 23.8 Å². The van der Waals surface area contributed by atoms with Gasteiger partial charge in [0, 0.05) is 51.1 Å². The highest BCUT2D eigenvalue weighted by Gasteiger charge is 2.41. The zero-order valence-corrected chi connectivity index (χ0v) is 19.3. The van der Waals surface area contributed by atoms with Gasteiger partial charge in [0.2, 0.25) is 5.88 Å². The molecule has 3 N–H and O–H groups in total. The average Bonchev–Trinajstić information content (AvgIpc) is 3.39. The number of hydrazone groups is 1. The third-order valence-corrected chi connectivity index (χ3v) is 6.23. The number of hydrogen-bond acceptors (Lipinski definition) is 10. The molecule has 1 aromatic carbocycles. The van der Waals surface area contributed by atoms with Crippen molar-refractivity contribution in [1.29, 1.82) is 5.26 Å². The summed E-state index contributed by atoms with van der Waals surface area (Å²) in [6.45, 7) is 0.744. The van der Waals surface area contributed by atoms with Gasteiger partial charge >= 0.3 is 12.0 Å². The lowest BCUT2D eigenvalue weighted by Crippen LogP contribution is -2.64. The molecule has 0 aliphatic carbocycles. The molecule has 37 heavy (non-hydrogen) atoms. The van der Waals surface area contributed by atoms with Crippen molar-refractivity contribution in [2.45, 2.75) is 18.4 Å². The van der Waals surface area contributed by atoms with Gasteiger partial charge < -0.3 is 20.4 Å². The number of aliphatic hydroxyl groups is 1. The second-order valence-corrected chi connectivity index (χ2v) is 8.53. The van der Waals surface area contributed by atoms with Crippen LogP contribution < -0.4 is 5.32 Å². The van der Waals surface area contributed by atoms with E-state index in [4.69, 9.17) is 5.26 Å². The van der Waals surface area contributed by atoms with Crippen LogP contribution in [0.2, 0.25) is 0 Å². The fourth-order valence-corrected chi connectivity index (χ4v) is 4.39. The number of urea groups is 1. The van der Waals surface area contributed by atoms with Crippen molar-refractivity contribution >= 4 is 18.0 Å². The van der Waals surface area contributed by atoms with Crippen molar-refractivity contribution in [2.24, 2.45) is 10.1 Å². The number of aliphatic imine (C=N–C) groups is 1. The minimum absolute atomic E-state index is 0.00942. The minimum Gasteiger partial charge on any atom is -0.493 e. The summed E-state index contributed by atoms with van der Waals surface area (Å²) in [5.74, 6) is -3.74. The first-order chi connectivity index (χ1) is 17.8. The second-order valence-electron chi connectivity index (χ2n) is 8.53. The Labute approximate surface area is 209 Å². The smallest absolute Gasteiger partial charge is 0.341 e. The van der Waals surface area contributed by atoms with E-state index in [0.29, 0.717) is 12.0 Å². The van der Waals surface area contributed by atoms with Crippen LogP contribution in [0.5, 0.6) is 5.88 Å². The number of nitrogens with one attached hydrogen (secondary N) is 1.